The van der Waals surface area contributed by atoms with Gasteiger partial charge < -0.3 is 10.4 Å². The van der Waals surface area contributed by atoms with E-state index in [-0.39, 0.29) is 18.1 Å². The monoisotopic (exact) mass is 248 g/mol. The summed E-state index contributed by atoms with van der Waals surface area (Å²) in [6.45, 7) is 6.61. The van der Waals surface area contributed by atoms with E-state index in [2.05, 4.69) is 36.2 Å². The summed E-state index contributed by atoms with van der Waals surface area (Å²) < 4.78 is 1.79. The van der Waals surface area contributed by atoms with Crippen LogP contribution in [-0.4, -0.2) is 32.4 Å². The molecule has 0 radical (unpaired) electrons. The van der Waals surface area contributed by atoms with Crippen LogP contribution in [0.3, 0.4) is 0 Å². The third-order valence-corrected chi connectivity index (χ3v) is 3.10. The van der Waals surface area contributed by atoms with Crippen LogP contribution in [0.5, 0.6) is 0 Å². The van der Waals surface area contributed by atoms with Crippen molar-refractivity contribution in [3.05, 3.63) is 24.7 Å². The van der Waals surface area contributed by atoms with Gasteiger partial charge in [0.25, 0.3) is 0 Å². The fourth-order valence-corrected chi connectivity index (χ4v) is 1.98. The van der Waals surface area contributed by atoms with Gasteiger partial charge in [0.05, 0.1) is 6.20 Å². The highest BCUT2D eigenvalue weighted by molar-refractivity contribution is 5.67. The lowest BCUT2D eigenvalue weighted by molar-refractivity contribution is 0.235. The first-order valence-corrected chi connectivity index (χ1v) is 6.18. The molecule has 0 saturated heterocycles. The number of hydrogen-bond donors (Lipinski definition) is 2. The first-order chi connectivity index (χ1) is 8.52. The van der Waals surface area contributed by atoms with Gasteiger partial charge >= 0.3 is 0 Å². The molecule has 98 valence electrons. The second kappa shape index (κ2) is 4.94. The quantitative estimate of drug-likeness (QED) is 0.868. The maximum absolute atomic E-state index is 9.17. The van der Waals surface area contributed by atoms with Crippen molar-refractivity contribution in [2.75, 3.05) is 11.9 Å². The van der Waals surface area contributed by atoms with Crippen LogP contribution in [0.25, 0.3) is 5.52 Å². The maximum Gasteiger partial charge on any atom is 0.152 e. The Morgan fingerprint density at radius 1 is 1.39 bits per heavy atom. The van der Waals surface area contributed by atoms with Gasteiger partial charge in [-0.1, -0.05) is 20.8 Å². The Morgan fingerprint density at radius 3 is 2.83 bits per heavy atom. The Morgan fingerprint density at radius 2 is 2.17 bits per heavy atom. The molecule has 0 aliphatic carbocycles. The van der Waals surface area contributed by atoms with Crippen molar-refractivity contribution in [2.24, 2.45) is 5.41 Å². The molecule has 0 aromatic carbocycles. The van der Waals surface area contributed by atoms with Gasteiger partial charge in [-0.3, -0.25) is 0 Å². The molecular formula is C13H20N4O. The van der Waals surface area contributed by atoms with E-state index < -0.39 is 0 Å². The summed E-state index contributed by atoms with van der Waals surface area (Å²) >= 11 is 0. The minimum Gasteiger partial charge on any atom is -0.396 e. The second-order valence-electron chi connectivity index (χ2n) is 5.51. The molecule has 0 aliphatic rings. The number of aromatic nitrogens is 3. The lowest BCUT2D eigenvalue weighted by atomic mass is 9.85. The van der Waals surface area contributed by atoms with Crippen molar-refractivity contribution in [1.82, 2.24) is 14.6 Å². The van der Waals surface area contributed by atoms with Crippen molar-refractivity contribution in [1.29, 1.82) is 0 Å². The van der Waals surface area contributed by atoms with Crippen LogP contribution in [0, 0.1) is 5.41 Å². The van der Waals surface area contributed by atoms with E-state index >= 15 is 0 Å². The molecule has 0 spiro atoms. The molecule has 0 bridgehead atoms. The van der Waals surface area contributed by atoms with Crippen molar-refractivity contribution >= 4 is 11.3 Å². The zero-order valence-corrected chi connectivity index (χ0v) is 11.1. The molecule has 2 aromatic heterocycles. The smallest absolute Gasteiger partial charge is 0.152 e. The minimum atomic E-state index is 0.0528. The zero-order valence-electron chi connectivity index (χ0n) is 11.1. The molecule has 1 atom stereocenters. The number of nitrogens with zero attached hydrogens (tertiary/aromatic N) is 3. The van der Waals surface area contributed by atoms with E-state index in [1.54, 1.807) is 16.9 Å². The van der Waals surface area contributed by atoms with Gasteiger partial charge in [0.15, 0.2) is 5.82 Å². The number of anilines is 1. The lowest BCUT2D eigenvalue weighted by Gasteiger charge is -2.31. The van der Waals surface area contributed by atoms with Crippen LogP contribution < -0.4 is 5.32 Å². The van der Waals surface area contributed by atoms with E-state index in [0.29, 0.717) is 6.42 Å². The Kier molecular flexibility index (Phi) is 3.52. The number of nitrogens with one attached hydrogen (secondary N) is 1. The van der Waals surface area contributed by atoms with Crippen LogP contribution >= 0.6 is 0 Å². The first-order valence-electron chi connectivity index (χ1n) is 6.18. The molecule has 2 aromatic rings. The predicted molar refractivity (Wildman–Crippen MR) is 71.6 cm³/mol. The molecule has 2 N–H and O–H groups in total. The standard InChI is InChI=1S/C13H20N4O/c1-13(2,3)11(5-9-18)16-12-10-4-6-15-17(10)8-7-14-12/h4,6-8,11,18H,5,9H2,1-3H3,(H,14,16). The van der Waals surface area contributed by atoms with Crippen LogP contribution in [-0.2, 0) is 0 Å². The molecule has 2 rings (SSSR count). The molecule has 18 heavy (non-hydrogen) atoms. The molecule has 5 nitrogen and oxygen atoms in total. The summed E-state index contributed by atoms with van der Waals surface area (Å²) in [7, 11) is 0. The van der Waals surface area contributed by atoms with Crippen LogP contribution in [0.1, 0.15) is 27.2 Å². The molecule has 5 heteroatoms. The van der Waals surface area contributed by atoms with Gasteiger partial charge in [-0.25, -0.2) is 9.50 Å². The molecule has 0 amide bonds. The number of rotatable bonds is 4. The molecule has 1 unspecified atom stereocenters. The second-order valence-corrected chi connectivity index (χ2v) is 5.51. The average molecular weight is 248 g/mol. The number of hydrogen-bond acceptors (Lipinski definition) is 4. The van der Waals surface area contributed by atoms with Gasteiger partial charge in [-0.05, 0) is 17.9 Å². The predicted octanol–water partition coefficient (Wildman–Crippen LogP) is 1.94. The summed E-state index contributed by atoms with van der Waals surface area (Å²) in [6.07, 6.45) is 5.99. The van der Waals surface area contributed by atoms with Gasteiger partial charge in [0.1, 0.15) is 5.52 Å². The molecule has 0 fully saturated rings. The van der Waals surface area contributed by atoms with E-state index in [1.807, 2.05) is 12.3 Å². The maximum atomic E-state index is 9.17. The van der Waals surface area contributed by atoms with Crippen LogP contribution in [0.2, 0.25) is 0 Å². The fourth-order valence-electron chi connectivity index (χ4n) is 1.98. The molecule has 2 heterocycles. The Bertz CT molecular complexity index is 515. The van der Waals surface area contributed by atoms with Gasteiger partial charge in [-0.2, -0.15) is 5.10 Å². The number of fused-ring (bicyclic) bond motifs is 1. The normalized spacial score (nSPS) is 13.8. The van der Waals surface area contributed by atoms with Gasteiger partial charge in [0.2, 0.25) is 0 Å². The molecule has 0 saturated carbocycles. The first kappa shape index (κ1) is 12.8. The highest BCUT2D eigenvalue weighted by atomic mass is 16.3. The molecular weight excluding hydrogens is 228 g/mol. The number of aliphatic hydroxyl groups is 1. The third-order valence-electron chi connectivity index (χ3n) is 3.10. The van der Waals surface area contributed by atoms with Crippen LogP contribution in [0.4, 0.5) is 5.82 Å². The Hall–Kier alpha value is -1.62. The van der Waals surface area contributed by atoms with Crippen molar-refractivity contribution < 1.29 is 5.11 Å². The van der Waals surface area contributed by atoms with Gasteiger partial charge in [-0.15, -0.1) is 0 Å². The van der Waals surface area contributed by atoms with Gasteiger partial charge in [0, 0.05) is 25.0 Å². The Balaban J connectivity index is 2.28. The van der Waals surface area contributed by atoms with E-state index in [9.17, 15) is 5.11 Å². The average Bonchev–Trinajstić information content (AvgIpc) is 2.76. The third kappa shape index (κ3) is 2.61. The lowest BCUT2D eigenvalue weighted by Crippen LogP contribution is -2.35. The highest BCUT2D eigenvalue weighted by Crippen LogP contribution is 2.26. The summed E-state index contributed by atoms with van der Waals surface area (Å²) in [5.41, 5.74) is 1.00. The largest absolute Gasteiger partial charge is 0.396 e. The summed E-state index contributed by atoms with van der Waals surface area (Å²) in [5, 5.41) is 16.8. The van der Waals surface area contributed by atoms with Crippen LogP contribution in [0.15, 0.2) is 24.7 Å². The number of aliphatic hydroxyl groups excluding tert-OH is 1. The van der Waals surface area contributed by atoms with Crippen molar-refractivity contribution in [3.8, 4) is 0 Å². The minimum absolute atomic E-state index is 0.0528. The summed E-state index contributed by atoms with van der Waals surface area (Å²) in [5.74, 6) is 0.809. The van der Waals surface area contributed by atoms with Crippen molar-refractivity contribution in [3.63, 3.8) is 0 Å². The van der Waals surface area contributed by atoms with Crippen molar-refractivity contribution in [2.45, 2.75) is 33.2 Å². The zero-order chi connectivity index (χ0) is 13.2. The highest BCUT2D eigenvalue weighted by Gasteiger charge is 2.24. The topological polar surface area (TPSA) is 62.5 Å². The molecule has 0 aliphatic heterocycles. The summed E-state index contributed by atoms with van der Waals surface area (Å²) in [6, 6.07) is 2.09. The van der Waals surface area contributed by atoms with E-state index in [1.165, 1.54) is 0 Å². The SMILES string of the molecule is CC(C)(C)C(CCO)Nc1nccn2nccc12. The fraction of sp³-hybridized carbons (Fsp3) is 0.538. The Labute approximate surface area is 107 Å². The van der Waals surface area contributed by atoms with E-state index in [4.69, 9.17) is 0 Å². The van der Waals surface area contributed by atoms with E-state index in [0.717, 1.165) is 11.3 Å². The summed E-state index contributed by atoms with van der Waals surface area (Å²) in [4.78, 5) is 4.36.